The molecule has 0 bridgehead atoms. The van der Waals surface area contributed by atoms with E-state index < -0.39 is 23.3 Å². The zero-order valence-corrected chi connectivity index (χ0v) is 5.14. The van der Waals surface area contributed by atoms with E-state index in [1.54, 1.807) is 0 Å². The summed E-state index contributed by atoms with van der Waals surface area (Å²) in [6.45, 7) is 0. The normalized spacial score (nSPS) is 4.25. The molecule has 0 aliphatic carbocycles. The first-order valence-corrected chi connectivity index (χ1v) is 3.34. The molecule has 22 valence electrons. The zero-order valence-electron chi connectivity index (χ0n) is 1.84. The van der Waals surface area contributed by atoms with Crippen molar-refractivity contribution in [2.75, 3.05) is 0 Å². The van der Waals surface area contributed by atoms with E-state index in [0.29, 0.717) is 0 Å². The van der Waals surface area contributed by atoms with Gasteiger partial charge in [-0.05, 0) is 0 Å². The van der Waals surface area contributed by atoms with E-state index in [-0.39, 0.29) is 0 Å². The van der Waals surface area contributed by atoms with Crippen LogP contribution in [0.1, 0.15) is 0 Å². The van der Waals surface area contributed by atoms with Crippen LogP contribution in [0.4, 0.5) is 0 Å². The molecule has 1 N–H and O–H groups in total. The fourth-order valence-corrected chi connectivity index (χ4v) is 0. The molecule has 4 heavy (non-hydrogen) atoms. The van der Waals surface area contributed by atoms with Crippen molar-refractivity contribution in [1.29, 1.82) is 0 Å². The standard InChI is InChI=1S/In.H2O2.O/c;1-2;/h;1-2H;/q+1;;/p-1. The van der Waals surface area contributed by atoms with Crippen molar-refractivity contribution in [3.8, 4) is 0 Å². The summed E-state index contributed by atoms with van der Waals surface area (Å²) in [6.07, 6.45) is 0. The van der Waals surface area contributed by atoms with Gasteiger partial charge in [-0.15, -0.1) is 0 Å². The molecule has 0 unspecified atom stereocenters. The summed E-state index contributed by atoms with van der Waals surface area (Å²) < 4.78 is 12.2. The Kier molecular flexibility index (Phi) is 3.80. The van der Waals surface area contributed by atoms with E-state index in [0.717, 1.165) is 0 Å². The Labute approximate surface area is 34.9 Å². The van der Waals surface area contributed by atoms with Crippen LogP contribution in [0.25, 0.3) is 0 Å². The molecule has 0 spiro atoms. The van der Waals surface area contributed by atoms with Gasteiger partial charge >= 0.3 is 34.5 Å². The van der Waals surface area contributed by atoms with Crippen molar-refractivity contribution in [2.45, 2.75) is 0 Å². The average Bonchev–Trinajstić information content (AvgIpc) is 1.37. The minimum atomic E-state index is -2.10. The average molecular weight is 164 g/mol. The first-order chi connectivity index (χ1) is 1.91. The van der Waals surface area contributed by atoms with Crippen molar-refractivity contribution in [2.24, 2.45) is 0 Å². The summed E-state index contributed by atoms with van der Waals surface area (Å²) in [5, 5.41) is 7.15. The van der Waals surface area contributed by atoms with Gasteiger partial charge in [-0.2, -0.15) is 0 Å². The summed E-state index contributed by atoms with van der Waals surface area (Å²) >= 11 is -2.10. The Balaban J connectivity index is 2.30. The van der Waals surface area contributed by atoms with Gasteiger partial charge in [0.05, 0.1) is 0 Å². The van der Waals surface area contributed by atoms with E-state index in [9.17, 15) is 0 Å². The van der Waals surface area contributed by atoms with Gasteiger partial charge < -0.3 is 0 Å². The van der Waals surface area contributed by atoms with Gasteiger partial charge in [-0.3, -0.25) is 0 Å². The van der Waals surface area contributed by atoms with Crippen LogP contribution in [0.3, 0.4) is 0 Å². The van der Waals surface area contributed by atoms with Crippen molar-refractivity contribution < 1.29 is 11.1 Å². The molecule has 0 saturated carbocycles. The van der Waals surface area contributed by atoms with Crippen LogP contribution in [0.15, 0.2) is 0 Å². The second-order valence-corrected chi connectivity index (χ2v) is 1.35. The van der Waals surface area contributed by atoms with Crippen molar-refractivity contribution in [3.63, 3.8) is 0 Å². The van der Waals surface area contributed by atoms with Crippen LogP contribution < -0.4 is 0 Å². The Morgan fingerprint density at radius 3 is 2.25 bits per heavy atom. The Bertz CT molecular complexity index is 17.2. The van der Waals surface area contributed by atoms with Gasteiger partial charge in [0, 0.05) is 0 Å². The molecule has 0 saturated heterocycles. The molecule has 0 fully saturated rings. The summed E-state index contributed by atoms with van der Waals surface area (Å²) in [6, 6.07) is 0. The number of hydrogen-bond donors (Lipinski definition) is 1. The van der Waals surface area contributed by atoms with Gasteiger partial charge in [-0.1, -0.05) is 0 Å². The molecular weight excluding hydrogens is 163 g/mol. The molecule has 0 aromatic carbocycles. The predicted octanol–water partition coefficient (Wildman–Crippen LogP) is -0.559. The molecule has 0 atom stereocenters. The minimum absolute atomic E-state index is 2.10. The van der Waals surface area contributed by atoms with Crippen LogP contribution in [0, 0.1) is 0 Å². The third-order valence-electron chi connectivity index (χ3n) is 0.0430. The van der Waals surface area contributed by atoms with E-state index in [1.165, 1.54) is 0 Å². The summed E-state index contributed by atoms with van der Waals surface area (Å²) in [5.41, 5.74) is 0. The van der Waals surface area contributed by atoms with Gasteiger partial charge in [0.1, 0.15) is 0 Å². The SMILES string of the molecule is [O]=[In][O]O. The molecular formula is HInO3. The zero-order chi connectivity index (χ0) is 3.41. The molecule has 0 aliphatic heterocycles. The van der Waals surface area contributed by atoms with Crippen LogP contribution in [-0.4, -0.2) is 28.6 Å². The van der Waals surface area contributed by atoms with Gasteiger partial charge in [0.15, 0.2) is 0 Å². The van der Waals surface area contributed by atoms with Gasteiger partial charge in [0.25, 0.3) is 0 Å². The number of rotatable bonds is 1. The molecule has 0 aromatic heterocycles. The summed E-state index contributed by atoms with van der Waals surface area (Å²) in [4.78, 5) is 0. The maximum absolute atomic E-state index is 9.02. The molecule has 4 heteroatoms. The summed E-state index contributed by atoms with van der Waals surface area (Å²) in [7, 11) is 0. The molecule has 0 heterocycles. The quantitative estimate of drug-likeness (QED) is 0.417. The second kappa shape index (κ2) is 3.43. The molecule has 0 radical (unpaired) electrons. The van der Waals surface area contributed by atoms with Crippen molar-refractivity contribution in [1.82, 2.24) is 0 Å². The second-order valence-electron chi connectivity index (χ2n) is 0.202. The first kappa shape index (κ1) is 4.43. The molecule has 0 aliphatic rings. The molecule has 0 aromatic rings. The molecule has 0 amide bonds. The van der Waals surface area contributed by atoms with Crippen molar-refractivity contribution in [3.05, 3.63) is 0 Å². The van der Waals surface area contributed by atoms with Gasteiger partial charge in [-0.25, -0.2) is 0 Å². The Morgan fingerprint density at radius 2 is 2.25 bits per heavy atom. The topological polar surface area (TPSA) is 46.5 Å². The van der Waals surface area contributed by atoms with Crippen LogP contribution >= 0.6 is 0 Å². The maximum atomic E-state index is 9.02. The van der Waals surface area contributed by atoms with E-state index >= 15 is 0 Å². The Hall–Kier alpha value is 0.430. The fourth-order valence-electron chi connectivity index (χ4n) is 0. The van der Waals surface area contributed by atoms with Gasteiger partial charge in [0.2, 0.25) is 0 Å². The van der Waals surface area contributed by atoms with Crippen LogP contribution in [0.2, 0.25) is 0 Å². The third-order valence-corrected chi connectivity index (χ3v) is 0.289. The van der Waals surface area contributed by atoms with E-state index in [1.807, 2.05) is 0 Å². The van der Waals surface area contributed by atoms with Crippen LogP contribution in [-0.2, 0) is 5.86 Å². The first-order valence-electron chi connectivity index (χ1n) is 0.654. The molecule has 3 nitrogen and oxygen atoms in total. The fraction of sp³-hybridized carbons (Fsp3) is 0. The monoisotopic (exact) mass is 164 g/mol. The Morgan fingerprint density at radius 1 is 2.00 bits per heavy atom. The molecule has 0 rings (SSSR count). The van der Waals surface area contributed by atoms with Crippen molar-refractivity contribution >= 4 is 23.3 Å². The predicted molar refractivity (Wildman–Crippen MR) is 10.2 cm³/mol. The van der Waals surface area contributed by atoms with E-state index in [4.69, 9.17) is 8.11 Å². The third kappa shape index (κ3) is 2.43. The number of hydrogen-bond acceptors (Lipinski definition) is 3. The van der Waals surface area contributed by atoms with E-state index in [2.05, 4.69) is 3.01 Å². The summed E-state index contributed by atoms with van der Waals surface area (Å²) in [5.74, 6) is 0. The van der Waals surface area contributed by atoms with Crippen LogP contribution in [0.5, 0.6) is 0 Å².